The molecule has 0 radical (unpaired) electrons. The van der Waals surface area contributed by atoms with Gasteiger partial charge in [-0.3, -0.25) is 0 Å². The molecule has 0 aliphatic carbocycles. The van der Waals surface area contributed by atoms with Gasteiger partial charge in [-0.05, 0) is 11.6 Å². The second-order valence-electron chi connectivity index (χ2n) is 6.30. The second kappa shape index (κ2) is 8.12. The number of hydrogen-bond acceptors (Lipinski definition) is 5. The first-order valence-corrected chi connectivity index (χ1v) is 8.97. The maximum absolute atomic E-state index is 5.44. The molecule has 0 amide bonds. The summed E-state index contributed by atoms with van der Waals surface area (Å²) in [6, 6.07) is 14.4. The molecule has 0 bridgehead atoms. The molecule has 134 valence electrons. The minimum Gasteiger partial charge on any atom is -0.378 e. The van der Waals surface area contributed by atoms with Gasteiger partial charge in [0.15, 0.2) is 0 Å². The molecule has 1 aliphatic rings. The summed E-state index contributed by atoms with van der Waals surface area (Å²) in [5.74, 6) is 1.98. The molecular formula is C20H23N5O. The highest BCUT2D eigenvalue weighted by Gasteiger charge is 2.15. The van der Waals surface area contributed by atoms with Crippen LogP contribution in [0.25, 0.3) is 11.3 Å². The Morgan fingerprint density at radius 1 is 1.00 bits per heavy atom. The predicted molar refractivity (Wildman–Crippen MR) is 102 cm³/mol. The molecule has 3 aromatic rings. The van der Waals surface area contributed by atoms with Gasteiger partial charge in [-0.25, -0.2) is 9.97 Å². The van der Waals surface area contributed by atoms with Gasteiger partial charge < -0.3 is 19.9 Å². The van der Waals surface area contributed by atoms with E-state index >= 15 is 0 Å². The quantitative estimate of drug-likeness (QED) is 0.716. The van der Waals surface area contributed by atoms with Crippen molar-refractivity contribution in [3.05, 3.63) is 66.2 Å². The van der Waals surface area contributed by atoms with Gasteiger partial charge in [0.25, 0.3) is 0 Å². The van der Waals surface area contributed by atoms with Crippen molar-refractivity contribution >= 4 is 5.82 Å². The van der Waals surface area contributed by atoms with E-state index in [1.807, 2.05) is 36.7 Å². The summed E-state index contributed by atoms with van der Waals surface area (Å²) in [5.41, 5.74) is 3.38. The number of H-pyrrole nitrogens is 1. The summed E-state index contributed by atoms with van der Waals surface area (Å²) in [7, 11) is 0. The molecule has 1 aromatic carbocycles. The monoisotopic (exact) mass is 349 g/mol. The van der Waals surface area contributed by atoms with Crippen LogP contribution in [0.3, 0.4) is 0 Å². The normalized spacial score (nSPS) is 14.5. The van der Waals surface area contributed by atoms with Gasteiger partial charge in [-0.1, -0.05) is 36.4 Å². The topological polar surface area (TPSA) is 66.1 Å². The van der Waals surface area contributed by atoms with Gasteiger partial charge in [0.1, 0.15) is 11.6 Å². The summed E-state index contributed by atoms with van der Waals surface area (Å²) >= 11 is 0. The van der Waals surface area contributed by atoms with Crippen LogP contribution >= 0.6 is 0 Å². The molecule has 1 fully saturated rings. The number of nitrogens with zero attached hydrogens (tertiary/aromatic N) is 3. The maximum Gasteiger partial charge on any atom is 0.133 e. The molecule has 0 spiro atoms. The number of rotatable bonds is 6. The molecule has 6 heteroatoms. The first kappa shape index (κ1) is 16.8. The largest absolute Gasteiger partial charge is 0.378 e. The minimum absolute atomic E-state index is 0.685. The van der Waals surface area contributed by atoms with Crippen molar-refractivity contribution in [3.8, 4) is 11.3 Å². The van der Waals surface area contributed by atoms with Crippen molar-refractivity contribution in [2.24, 2.45) is 0 Å². The molecule has 1 saturated heterocycles. The maximum atomic E-state index is 5.44. The number of morpholine rings is 1. The van der Waals surface area contributed by atoms with Crippen LogP contribution < -0.4 is 10.2 Å². The van der Waals surface area contributed by atoms with Crippen molar-refractivity contribution in [2.45, 2.75) is 13.1 Å². The average molecular weight is 349 g/mol. The summed E-state index contributed by atoms with van der Waals surface area (Å²) in [6.07, 6.45) is 3.74. The third-order valence-electron chi connectivity index (χ3n) is 4.50. The predicted octanol–water partition coefficient (Wildman–Crippen LogP) is 2.60. The Kier molecular flexibility index (Phi) is 5.23. The van der Waals surface area contributed by atoms with E-state index in [-0.39, 0.29) is 0 Å². The molecule has 0 unspecified atom stereocenters. The molecule has 26 heavy (non-hydrogen) atoms. The summed E-state index contributed by atoms with van der Waals surface area (Å²) in [5, 5.41) is 3.47. The van der Waals surface area contributed by atoms with E-state index in [2.05, 4.69) is 43.4 Å². The van der Waals surface area contributed by atoms with E-state index in [0.29, 0.717) is 6.54 Å². The Hall–Kier alpha value is -2.70. The average Bonchev–Trinajstić information content (AvgIpc) is 3.19. The molecule has 1 aliphatic heterocycles. The third-order valence-corrected chi connectivity index (χ3v) is 4.50. The number of benzene rings is 1. The van der Waals surface area contributed by atoms with Crippen LogP contribution in [0.2, 0.25) is 0 Å². The smallest absolute Gasteiger partial charge is 0.133 e. The van der Waals surface area contributed by atoms with E-state index in [4.69, 9.17) is 4.74 Å². The number of imidazole rings is 1. The number of ether oxygens (including phenoxy) is 1. The fraction of sp³-hybridized carbons (Fsp3) is 0.300. The molecule has 2 aromatic heterocycles. The lowest BCUT2D eigenvalue weighted by Crippen LogP contribution is -2.37. The van der Waals surface area contributed by atoms with Gasteiger partial charge in [-0.15, -0.1) is 0 Å². The number of pyridine rings is 1. The molecule has 4 rings (SSSR count). The van der Waals surface area contributed by atoms with Crippen molar-refractivity contribution in [2.75, 3.05) is 31.2 Å². The number of aromatic amines is 1. The Balaban J connectivity index is 1.37. The highest BCUT2D eigenvalue weighted by atomic mass is 16.5. The number of hydrogen-bond donors (Lipinski definition) is 2. The van der Waals surface area contributed by atoms with Crippen molar-refractivity contribution < 1.29 is 4.74 Å². The number of nitrogens with one attached hydrogen (secondary N) is 2. The van der Waals surface area contributed by atoms with Crippen LogP contribution in [-0.2, 0) is 17.8 Å². The van der Waals surface area contributed by atoms with Crippen LogP contribution in [0, 0.1) is 0 Å². The second-order valence-corrected chi connectivity index (χ2v) is 6.30. The van der Waals surface area contributed by atoms with Crippen LogP contribution in [0.15, 0.2) is 54.9 Å². The van der Waals surface area contributed by atoms with E-state index in [1.54, 1.807) is 0 Å². The Labute approximate surface area is 153 Å². The first-order valence-electron chi connectivity index (χ1n) is 8.97. The standard InChI is InChI=1S/C20H23N5O/c1-2-5-16(6-3-1)18-14-23-19(24-18)15-21-13-17-7-4-8-22-20(17)25-9-11-26-12-10-25/h1-8,14,21H,9-13,15H2,(H,23,24). The Bertz CT molecular complexity index is 827. The summed E-state index contributed by atoms with van der Waals surface area (Å²) in [6.45, 7) is 4.74. The molecule has 6 nitrogen and oxygen atoms in total. The lowest BCUT2D eigenvalue weighted by atomic mass is 10.2. The number of anilines is 1. The van der Waals surface area contributed by atoms with Crippen LogP contribution in [0.5, 0.6) is 0 Å². The van der Waals surface area contributed by atoms with Gasteiger partial charge >= 0.3 is 0 Å². The molecular weight excluding hydrogens is 326 g/mol. The van der Waals surface area contributed by atoms with E-state index in [9.17, 15) is 0 Å². The number of aromatic nitrogens is 3. The third kappa shape index (κ3) is 3.92. The zero-order valence-corrected chi connectivity index (χ0v) is 14.7. The van der Waals surface area contributed by atoms with E-state index < -0.39 is 0 Å². The van der Waals surface area contributed by atoms with Gasteiger partial charge in [0.05, 0.1) is 31.6 Å². The minimum atomic E-state index is 0.685. The Morgan fingerprint density at radius 2 is 1.85 bits per heavy atom. The lowest BCUT2D eigenvalue weighted by molar-refractivity contribution is 0.122. The van der Waals surface area contributed by atoms with Gasteiger partial charge in [0, 0.05) is 31.4 Å². The van der Waals surface area contributed by atoms with Crippen molar-refractivity contribution in [1.82, 2.24) is 20.3 Å². The van der Waals surface area contributed by atoms with Gasteiger partial charge in [-0.2, -0.15) is 0 Å². The zero-order valence-electron chi connectivity index (χ0n) is 14.7. The van der Waals surface area contributed by atoms with Crippen molar-refractivity contribution in [3.63, 3.8) is 0 Å². The van der Waals surface area contributed by atoms with E-state index in [0.717, 1.165) is 55.7 Å². The highest BCUT2D eigenvalue weighted by molar-refractivity contribution is 5.58. The molecule has 2 N–H and O–H groups in total. The first-order chi connectivity index (χ1) is 12.9. The van der Waals surface area contributed by atoms with Crippen molar-refractivity contribution in [1.29, 1.82) is 0 Å². The summed E-state index contributed by atoms with van der Waals surface area (Å²) < 4.78 is 5.44. The summed E-state index contributed by atoms with van der Waals surface area (Å²) in [4.78, 5) is 14.7. The highest BCUT2D eigenvalue weighted by Crippen LogP contribution is 2.19. The Morgan fingerprint density at radius 3 is 2.69 bits per heavy atom. The molecule has 3 heterocycles. The fourth-order valence-corrected chi connectivity index (χ4v) is 3.16. The van der Waals surface area contributed by atoms with Gasteiger partial charge in [0.2, 0.25) is 0 Å². The van der Waals surface area contributed by atoms with Crippen LogP contribution in [-0.4, -0.2) is 41.3 Å². The zero-order chi connectivity index (χ0) is 17.6. The van der Waals surface area contributed by atoms with Crippen LogP contribution in [0.4, 0.5) is 5.82 Å². The molecule has 0 atom stereocenters. The van der Waals surface area contributed by atoms with E-state index in [1.165, 1.54) is 5.56 Å². The fourth-order valence-electron chi connectivity index (χ4n) is 3.16. The molecule has 0 saturated carbocycles. The van der Waals surface area contributed by atoms with Crippen LogP contribution in [0.1, 0.15) is 11.4 Å². The SMILES string of the molecule is c1ccc(-c2cnc(CNCc3cccnc3N3CCOCC3)[nH]2)cc1. The lowest BCUT2D eigenvalue weighted by Gasteiger charge is -2.29.